The minimum Gasteiger partial charge on any atom is -0.282 e. The molecule has 0 radical (unpaired) electrons. The highest BCUT2D eigenvalue weighted by Gasteiger charge is 2.17. The molecule has 144 valence electrons. The Morgan fingerprint density at radius 2 is 1.11 bits per heavy atom. The van der Waals surface area contributed by atoms with Crippen molar-refractivity contribution in [1.82, 2.24) is 0 Å². The van der Waals surface area contributed by atoms with Gasteiger partial charge in [-0.15, -0.1) is 0 Å². The molecule has 0 unspecified atom stereocenters. The molecule has 0 saturated heterocycles. The molecule has 2 aromatic carbocycles. The summed E-state index contributed by atoms with van der Waals surface area (Å²) in [6, 6.07) is 7.97. The van der Waals surface area contributed by atoms with E-state index in [0.717, 1.165) is 12.1 Å². The van der Waals surface area contributed by atoms with Gasteiger partial charge in [0.25, 0.3) is 20.2 Å². The van der Waals surface area contributed by atoms with E-state index in [9.17, 15) is 25.9 Å². The third kappa shape index (κ3) is 5.55. The summed E-state index contributed by atoms with van der Waals surface area (Å²) in [6.07, 6.45) is 2.93. The first kappa shape index (κ1) is 21.9. The minimum absolute atomic E-state index is 0.0781. The van der Waals surface area contributed by atoms with E-state index in [1.807, 2.05) is 10.3 Å². The van der Waals surface area contributed by atoms with Gasteiger partial charge in [0.15, 0.2) is 0 Å². The molecule has 8 nitrogen and oxygen atoms in total. The second-order valence-electron chi connectivity index (χ2n) is 5.14. The molecule has 0 aliphatic rings. The molecule has 0 spiro atoms. The fourth-order valence-electron chi connectivity index (χ4n) is 2.16. The molecule has 0 aliphatic carbocycles. The molecule has 12 heteroatoms. The van der Waals surface area contributed by atoms with Gasteiger partial charge in [0.1, 0.15) is 9.79 Å². The molecular weight excluding hydrogens is 444 g/mol. The average molecular weight is 455 g/mol. The van der Waals surface area contributed by atoms with E-state index < -0.39 is 30.0 Å². The van der Waals surface area contributed by atoms with Gasteiger partial charge in [0, 0.05) is 0 Å². The first-order valence-corrected chi connectivity index (χ1v) is 10.8. The zero-order valence-corrected chi connectivity index (χ0v) is 16.9. The monoisotopic (exact) mass is 454 g/mol. The molecule has 0 saturated carbocycles. The summed E-state index contributed by atoms with van der Waals surface area (Å²) < 4.78 is 64.6. The third-order valence-corrected chi connectivity index (χ3v) is 5.27. The Hall–Kier alpha value is -2.40. The summed E-state index contributed by atoms with van der Waals surface area (Å²) in [5.74, 6) is 0. The molecule has 0 fully saturated rings. The minimum atomic E-state index is -4.55. The van der Waals surface area contributed by atoms with Gasteiger partial charge < -0.3 is 0 Å². The highest BCUT2D eigenvalue weighted by molar-refractivity contribution is 7.86. The maximum atomic E-state index is 11.5. The van der Waals surface area contributed by atoms with Crippen LogP contribution in [0.1, 0.15) is 11.1 Å². The normalized spacial score (nSPS) is 11.6. The summed E-state index contributed by atoms with van der Waals surface area (Å²) in [5.41, 5.74) is 0.576. The number of thiocarbonyl (C=S) groups is 2. The van der Waals surface area contributed by atoms with Crippen LogP contribution in [-0.4, -0.2) is 36.3 Å². The summed E-state index contributed by atoms with van der Waals surface area (Å²) in [5, 5.41) is 4.05. The number of rotatable bonds is 6. The highest BCUT2D eigenvalue weighted by Crippen LogP contribution is 2.28. The van der Waals surface area contributed by atoms with Crippen LogP contribution in [0, 0.1) is 0 Å². The summed E-state index contributed by atoms with van der Waals surface area (Å²) in [4.78, 5) is 6.24. The van der Waals surface area contributed by atoms with Crippen molar-refractivity contribution in [3.63, 3.8) is 0 Å². The van der Waals surface area contributed by atoms with Gasteiger partial charge in [-0.05, 0) is 59.8 Å². The summed E-state index contributed by atoms with van der Waals surface area (Å²) in [6.45, 7) is 0. The molecule has 2 rings (SSSR count). The van der Waals surface area contributed by atoms with Gasteiger partial charge >= 0.3 is 0 Å². The predicted molar refractivity (Wildman–Crippen MR) is 111 cm³/mol. The molecular formula is C16H10N2O6S4. The number of hydrogen-bond donors (Lipinski definition) is 2. The molecule has 2 aromatic rings. The Bertz CT molecular complexity index is 1170. The van der Waals surface area contributed by atoms with Crippen LogP contribution in [0.4, 0.5) is 11.4 Å². The lowest BCUT2D eigenvalue weighted by atomic mass is 10.1. The SMILES string of the molecule is O=S(=O)(O)c1cc(/C=C/c2ccc(N=C=S)c(S(=O)(=O)O)c2)ccc1N=C=S. The van der Waals surface area contributed by atoms with Crippen molar-refractivity contribution >= 4 is 78.5 Å². The van der Waals surface area contributed by atoms with Crippen molar-refractivity contribution in [3.05, 3.63) is 47.5 Å². The summed E-state index contributed by atoms with van der Waals surface area (Å²) in [7, 11) is -9.11. The van der Waals surface area contributed by atoms with Crippen LogP contribution in [0.15, 0.2) is 56.2 Å². The van der Waals surface area contributed by atoms with E-state index >= 15 is 0 Å². The topological polar surface area (TPSA) is 133 Å². The second-order valence-corrected chi connectivity index (χ2v) is 8.29. The predicted octanol–water partition coefficient (Wildman–Crippen LogP) is 3.82. The number of aliphatic imine (C=N–C) groups is 2. The number of benzene rings is 2. The van der Waals surface area contributed by atoms with Gasteiger partial charge in [-0.1, -0.05) is 24.3 Å². The van der Waals surface area contributed by atoms with E-state index in [4.69, 9.17) is 0 Å². The van der Waals surface area contributed by atoms with Crippen molar-refractivity contribution in [2.75, 3.05) is 0 Å². The van der Waals surface area contributed by atoms with Crippen LogP contribution in [0.3, 0.4) is 0 Å². The first-order chi connectivity index (χ1) is 13.1. The summed E-state index contributed by atoms with van der Waals surface area (Å²) >= 11 is 8.88. The molecule has 2 N–H and O–H groups in total. The van der Waals surface area contributed by atoms with E-state index in [1.54, 1.807) is 0 Å². The van der Waals surface area contributed by atoms with Gasteiger partial charge in [-0.2, -0.15) is 26.8 Å². The maximum absolute atomic E-state index is 11.5. The lowest BCUT2D eigenvalue weighted by Crippen LogP contribution is -1.99. The van der Waals surface area contributed by atoms with Crippen molar-refractivity contribution in [2.45, 2.75) is 9.79 Å². The van der Waals surface area contributed by atoms with Gasteiger partial charge in [0.2, 0.25) is 0 Å². The molecule has 0 aliphatic heterocycles. The standard InChI is InChI=1S/C16H10N2O6S4/c19-27(20,21)15-7-11(3-5-13(15)17-9-25)1-2-12-4-6-14(18-10-26)16(8-12)28(22,23)24/h1-8H,(H,19,20,21)(H,22,23,24)/b2-1+. The molecule has 0 amide bonds. The smallest absolute Gasteiger partial charge is 0.282 e. The molecule has 0 aromatic heterocycles. The first-order valence-electron chi connectivity index (χ1n) is 7.13. The number of hydrogen-bond acceptors (Lipinski definition) is 8. The molecule has 0 heterocycles. The molecule has 0 bridgehead atoms. The fourth-order valence-corrected chi connectivity index (χ4v) is 3.68. The van der Waals surface area contributed by atoms with Crippen molar-refractivity contribution < 1.29 is 25.9 Å². The average Bonchev–Trinajstić information content (AvgIpc) is 2.60. The second kappa shape index (κ2) is 8.74. The Kier molecular flexibility index (Phi) is 6.83. The van der Waals surface area contributed by atoms with Crippen LogP contribution in [-0.2, 0) is 20.2 Å². The van der Waals surface area contributed by atoms with Gasteiger partial charge in [-0.25, -0.2) is 0 Å². The van der Waals surface area contributed by atoms with Crippen LogP contribution in [0.25, 0.3) is 12.2 Å². The van der Waals surface area contributed by atoms with Gasteiger partial charge in [0.05, 0.1) is 21.7 Å². The van der Waals surface area contributed by atoms with E-state index in [0.29, 0.717) is 11.1 Å². The Labute approximate surface area is 171 Å². The van der Waals surface area contributed by atoms with Crippen molar-refractivity contribution in [3.8, 4) is 0 Å². The quantitative estimate of drug-likeness (QED) is 0.291. The van der Waals surface area contributed by atoms with Crippen LogP contribution >= 0.6 is 24.4 Å². The zero-order chi connectivity index (χ0) is 20.9. The van der Waals surface area contributed by atoms with Crippen LogP contribution < -0.4 is 0 Å². The number of nitrogens with zero attached hydrogens (tertiary/aromatic N) is 2. The molecule has 28 heavy (non-hydrogen) atoms. The maximum Gasteiger partial charge on any atom is 0.296 e. The Balaban J connectivity index is 2.52. The lowest BCUT2D eigenvalue weighted by Gasteiger charge is -2.04. The molecule has 0 atom stereocenters. The zero-order valence-electron chi connectivity index (χ0n) is 13.7. The Morgan fingerprint density at radius 1 is 0.750 bits per heavy atom. The third-order valence-electron chi connectivity index (χ3n) is 3.32. The Morgan fingerprint density at radius 3 is 1.39 bits per heavy atom. The van der Waals surface area contributed by atoms with E-state index in [-0.39, 0.29) is 11.4 Å². The number of isothiocyanates is 2. The van der Waals surface area contributed by atoms with Crippen LogP contribution in [0.5, 0.6) is 0 Å². The fraction of sp³-hybridized carbons (Fsp3) is 0. The van der Waals surface area contributed by atoms with E-state index in [2.05, 4.69) is 34.4 Å². The van der Waals surface area contributed by atoms with Gasteiger partial charge in [-0.3, -0.25) is 9.11 Å². The van der Waals surface area contributed by atoms with Crippen molar-refractivity contribution in [2.24, 2.45) is 9.98 Å². The largest absolute Gasteiger partial charge is 0.296 e. The van der Waals surface area contributed by atoms with Crippen molar-refractivity contribution in [1.29, 1.82) is 0 Å². The van der Waals surface area contributed by atoms with E-state index in [1.165, 1.54) is 36.4 Å². The van der Waals surface area contributed by atoms with Crippen LogP contribution in [0.2, 0.25) is 0 Å². The highest BCUT2D eigenvalue weighted by atomic mass is 32.2. The lowest BCUT2D eigenvalue weighted by molar-refractivity contribution is 0.481.